The van der Waals surface area contributed by atoms with E-state index in [1.807, 2.05) is 0 Å². The molecule has 2 aliphatic rings. The third-order valence-electron chi connectivity index (χ3n) is 7.21. The quantitative estimate of drug-likeness (QED) is 0.297. The number of hydrogen-bond acceptors (Lipinski definition) is 1. The predicted molar refractivity (Wildman–Crippen MR) is 107 cm³/mol. The smallest absolute Gasteiger partial charge is 0.397 e. The SMILES string of the molecule is CCCC1CCC(C2CCC(CCC(F)(F)Oc3cc(F)c(F)c(F)c3)CC2)CC1. The largest absolute Gasteiger partial charge is 0.432 e. The van der Waals surface area contributed by atoms with E-state index in [1.165, 1.54) is 38.5 Å². The van der Waals surface area contributed by atoms with E-state index in [2.05, 4.69) is 11.7 Å². The molecule has 2 aliphatic carbocycles. The molecular formula is C24H33F5O. The van der Waals surface area contributed by atoms with Crippen LogP contribution in [0.2, 0.25) is 0 Å². The fraction of sp³-hybridized carbons (Fsp3) is 0.750. The highest BCUT2D eigenvalue weighted by atomic mass is 19.3. The molecule has 0 aromatic heterocycles. The van der Waals surface area contributed by atoms with Crippen molar-refractivity contribution in [2.24, 2.45) is 23.7 Å². The Labute approximate surface area is 176 Å². The average Bonchev–Trinajstić information content (AvgIpc) is 2.71. The van der Waals surface area contributed by atoms with E-state index in [0.29, 0.717) is 18.6 Å². The highest BCUT2D eigenvalue weighted by Crippen LogP contribution is 2.43. The van der Waals surface area contributed by atoms with Gasteiger partial charge < -0.3 is 4.74 Å². The Morgan fingerprint density at radius 1 is 0.800 bits per heavy atom. The minimum Gasteiger partial charge on any atom is -0.432 e. The first-order chi connectivity index (χ1) is 14.3. The van der Waals surface area contributed by atoms with Crippen LogP contribution in [0.3, 0.4) is 0 Å². The summed E-state index contributed by atoms with van der Waals surface area (Å²) in [5.41, 5.74) is 0. The lowest BCUT2D eigenvalue weighted by atomic mass is 9.68. The molecule has 0 amide bonds. The van der Waals surface area contributed by atoms with E-state index in [0.717, 1.165) is 43.4 Å². The second-order valence-electron chi connectivity index (χ2n) is 9.33. The minimum atomic E-state index is -3.54. The Balaban J connectivity index is 1.41. The highest BCUT2D eigenvalue weighted by molar-refractivity contribution is 5.25. The Bertz CT molecular complexity index is 653. The third-order valence-corrected chi connectivity index (χ3v) is 7.21. The molecule has 0 N–H and O–H groups in total. The normalized spacial score (nSPS) is 27.8. The fourth-order valence-electron chi connectivity index (χ4n) is 5.49. The van der Waals surface area contributed by atoms with Crippen molar-refractivity contribution in [1.82, 2.24) is 0 Å². The Morgan fingerprint density at radius 3 is 1.73 bits per heavy atom. The number of hydrogen-bond donors (Lipinski definition) is 0. The van der Waals surface area contributed by atoms with Crippen LogP contribution in [0, 0.1) is 41.1 Å². The maximum atomic E-state index is 14.1. The van der Waals surface area contributed by atoms with Gasteiger partial charge in [0, 0.05) is 12.1 Å². The highest BCUT2D eigenvalue weighted by Gasteiger charge is 2.35. The second kappa shape index (κ2) is 10.3. The summed E-state index contributed by atoms with van der Waals surface area (Å²) in [5.74, 6) is -2.81. The molecule has 3 rings (SSSR count). The first kappa shape index (κ1) is 23.3. The van der Waals surface area contributed by atoms with Crippen LogP contribution < -0.4 is 4.74 Å². The summed E-state index contributed by atoms with van der Waals surface area (Å²) in [6.07, 6.45) is 8.30. The van der Waals surface area contributed by atoms with E-state index < -0.39 is 35.7 Å². The standard InChI is InChI=1S/C24H33F5O/c1-2-3-16-4-8-18(9-5-16)19-10-6-17(7-11-19)12-13-24(28,29)30-20-14-21(25)23(27)22(26)15-20/h14-19H,2-13H2,1H3. The summed E-state index contributed by atoms with van der Waals surface area (Å²) in [6, 6.07) is 0.902. The minimum absolute atomic E-state index is 0.230. The molecule has 1 nitrogen and oxygen atoms in total. The van der Waals surface area contributed by atoms with Crippen LogP contribution in [0.4, 0.5) is 22.0 Å². The molecule has 6 heteroatoms. The molecule has 2 fully saturated rings. The molecule has 0 heterocycles. The van der Waals surface area contributed by atoms with Gasteiger partial charge in [-0.2, -0.15) is 8.78 Å². The summed E-state index contributed by atoms with van der Waals surface area (Å²) in [5, 5.41) is 0. The van der Waals surface area contributed by atoms with Gasteiger partial charge in [-0.25, -0.2) is 13.2 Å². The van der Waals surface area contributed by atoms with Gasteiger partial charge in [0.1, 0.15) is 5.75 Å². The topological polar surface area (TPSA) is 9.23 Å². The lowest BCUT2D eigenvalue weighted by molar-refractivity contribution is -0.183. The van der Waals surface area contributed by atoms with Crippen LogP contribution in [0.1, 0.15) is 84.0 Å². The zero-order valence-electron chi connectivity index (χ0n) is 17.7. The van der Waals surface area contributed by atoms with Crippen LogP contribution in [0.5, 0.6) is 5.75 Å². The van der Waals surface area contributed by atoms with Gasteiger partial charge in [-0.3, -0.25) is 0 Å². The monoisotopic (exact) mass is 432 g/mol. The van der Waals surface area contributed by atoms with Crippen molar-refractivity contribution in [2.75, 3.05) is 0 Å². The summed E-state index contributed by atoms with van der Waals surface area (Å²) in [4.78, 5) is 0. The molecule has 0 unspecified atom stereocenters. The van der Waals surface area contributed by atoms with Crippen LogP contribution in [0.15, 0.2) is 12.1 Å². The van der Waals surface area contributed by atoms with Gasteiger partial charge in [0.25, 0.3) is 0 Å². The van der Waals surface area contributed by atoms with Gasteiger partial charge in [0.15, 0.2) is 17.5 Å². The van der Waals surface area contributed by atoms with E-state index in [9.17, 15) is 22.0 Å². The molecule has 1 aromatic rings. The molecule has 1 aromatic carbocycles. The molecule has 0 bridgehead atoms. The molecule has 30 heavy (non-hydrogen) atoms. The van der Waals surface area contributed by atoms with Crippen molar-refractivity contribution in [3.63, 3.8) is 0 Å². The third kappa shape index (κ3) is 6.34. The predicted octanol–water partition coefficient (Wildman–Crippen LogP) is 8.27. The molecule has 2 saturated carbocycles. The van der Waals surface area contributed by atoms with Crippen LogP contribution >= 0.6 is 0 Å². The molecule has 0 radical (unpaired) electrons. The van der Waals surface area contributed by atoms with Gasteiger partial charge in [0.05, 0.1) is 6.42 Å². The van der Waals surface area contributed by atoms with E-state index in [4.69, 9.17) is 0 Å². The van der Waals surface area contributed by atoms with Gasteiger partial charge >= 0.3 is 6.11 Å². The maximum absolute atomic E-state index is 14.1. The zero-order chi connectivity index (χ0) is 21.7. The maximum Gasteiger partial charge on any atom is 0.397 e. The fourth-order valence-corrected chi connectivity index (χ4v) is 5.49. The van der Waals surface area contributed by atoms with Gasteiger partial charge in [-0.05, 0) is 55.8 Å². The van der Waals surface area contributed by atoms with E-state index >= 15 is 0 Å². The van der Waals surface area contributed by atoms with E-state index in [-0.39, 0.29) is 5.92 Å². The lowest BCUT2D eigenvalue weighted by Crippen LogP contribution is -2.28. The number of benzene rings is 1. The number of alkyl halides is 2. The molecule has 0 aliphatic heterocycles. The van der Waals surface area contributed by atoms with Crippen molar-refractivity contribution in [3.8, 4) is 5.75 Å². The van der Waals surface area contributed by atoms with Crippen molar-refractivity contribution in [2.45, 2.75) is 90.1 Å². The second-order valence-corrected chi connectivity index (χ2v) is 9.33. The Kier molecular flexibility index (Phi) is 8.03. The molecule has 170 valence electrons. The number of halogens is 5. The van der Waals surface area contributed by atoms with Crippen LogP contribution in [0.25, 0.3) is 0 Å². The first-order valence-corrected chi connectivity index (χ1v) is 11.5. The molecular weight excluding hydrogens is 399 g/mol. The molecule has 0 saturated heterocycles. The van der Waals surface area contributed by atoms with Gasteiger partial charge in [0.2, 0.25) is 0 Å². The first-order valence-electron chi connectivity index (χ1n) is 11.5. The molecule has 0 spiro atoms. The number of rotatable bonds is 8. The number of ether oxygens (including phenoxy) is 1. The van der Waals surface area contributed by atoms with Gasteiger partial charge in [-0.1, -0.05) is 45.4 Å². The summed E-state index contributed by atoms with van der Waals surface area (Å²) in [6.45, 7) is 2.25. The van der Waals surface area contributed by atoms with Crippen LogP contribution in [-0.2, 0) is 0 Å². The van der Waals surface area contributed by atoms with E-state index in [1.54, 1.807) is 0 Å². The summed E-state index contributed by atoms with van der Waals surface area (Å²) in [7, 11) is 0. The van der Waals surface area contributed by atoms with Crippen molar-refractivity contribution in [3.05, 3.63) is 29.6 Å². The van der Waals surface area contributed by atoms with Crippen molar-refractivity contribution < 1.29 is 26.7 Å². The van der Waals surface area contributed by atoms with Crippen LogP contribution in [-0.4, -0.2) is 6.11 Å². The molecule has 0 atom stereocenters. The lowest BCUT2D eigenvalue weighted by Gasteiger charge is -2.38. The summed E-state index contributed by atoms with van der Waals surface area (Å²) < 4.78 is 72.1. The Hall–Kier alpha value is -1.33. The van der Waals surface area contributed by atoms with Gasteiger partial charge in [-0.15, -0.1) is 0 Å². The zero-order valence-corrected chi connectivity index (χ0v) is 17.7. The average molecular weight is 433 g/mol. The van der Waals surface area contributed by atoms with Crippen molar-refractivity contribution >= 4 is 0 Å². The summed E-state index contributed by atoms with van der Waals surface area (Å²) >= 11 is 0. The van der Waals surface area contributed by atoms with Crippen molar-refractivity contribution in [1.29, 1.82) is 0 Å². The Morgan fingerprint density at radius 2 is 1.27 bits per heavy atom.